The maximum absolute atomic E-state index is 13.0. The number of hydrogen-bond acceptors (Lipinski definition) is 6. The maximum atomic E-state index is 13.0. The van der Waals surface area contributed by atoms with Crippen LogP contribution < -0.4 is 0 Å². The van der Waals surface area contributed by atoms with Crippen molar-refractivity contribution in [3.63, 3.8) is 0 Å². The van der Waals surface area contributed by atoms with Crippen LogP contribution in [0.15, 0.2) is 24.3 Å². The van der Waals surface area contributed by atoms with Gasteiger partial charge >= 0.3 is 0 Å². The van der Waals surface area contributed by atoms with Crippen LogP contribution >= 0.6 is 0 Å². The Morgan fingerprint density at radius 1 is 1.23 bits per heavy atom. The van der Waals surface area contributed by atoms with E-state index in [1.807, 2.05) is 18.4 Å². The Labute approximate surface area is 148 Å². The van der Waals surface area contributed by atoms with Crippen LogP contribution in [0, 0.1) is 12.7 Å². The first-order valence-corrected chi connectivity index (χ1v) is 8.23. The van der Waals surface area contributed by atoms with Crippen LogP contribution in [0.2, 0.25) is 0 Å². The standard InChI is InChI=1S/C16H17FN8O/c1-10-7-23(8-14-19-18-11(2)25(10)14)15(26)9-24-21-16(20-22-24)12-3-5-13(17)6-4-12/h3-6,10H,7-9H2,1-2H3. The Hall–Kier alpha value is -3.17. The van der Waals surface area contributed by atoms with E-state index in [4.69, 9.17) is 0 Å². The Morgan fingerprint density at radius 2 is 2.00 bits per heavy atom. The summed E-state index contributed by atoms with van der Waals surface area (Å²) in [6.07, 6.45) is 0. The second-order valence-electron chi connectivity index (χ2n) is 6.31. The third-order valence-corrected chi connectivity index (χ3v) is 4.38. The Bertz CT molecular complexity index is 948. The van der Waals surface area contributed by atoms with Gasteiger partial charge in [-0.25, -0.2) is 4.39 Å². The van der Waals surface area contributed by atoms with Gasteiger partial charge in [-0.05, 0) is 43.3 Å². The summed E-state index contributed by atoms with van der Waals surface area (Å²) in [5.74, 6) is 1.51. The average molecular weight is 356 g/mol. The summed E-state index contributed by atoms with van der Waals surface area (Å²) in [5, 5.41) is 20.3. The van der Waals surface area contributed by atoms with Crippen LogP contribution in [0.3, 0.4) is 0 Å². The summed E-state index contributed by atoms with van der Waals surface area (Å²) in [5.41, 5.74) is 0.639. The third-order valence-electron chi connectivity index (χ3n) is 4.38. The van der Waals surface area contributed by atoms with Crippen molar-refractivity contribution in [2.24, 2.45) is 0 Å². The van der Waals surface area contributed by atoms with Gasteiger partial charge in [0.1, 0.15) is 18.2 Å². The van der Waals surface area contributed by atoms with E-state index in [1.165, 1.54) is 16.9 Å². The van der Waals surface area contributed by atoms with Crippen molar-refractivity contribution < 1.29 is 9.18 Å². The molecule has 1 amide bonds. The zero-order valence-corrected chi connectivity index (χ0v) is 14.4. The smallest absolute Gasteiger partial charge is 0.246 e. The van der Waals surface area contributed by atoms with Crippen LogP contribution in [0.25, 0.3) is 11.4 Å². The van der Waals surface area contributed by atoms with E-state index in [0.29, 0.717) is 24.5 Å². The van der Waals surface area contributed by atoms with E-state index in [-0.39, 0.29) is 24.3 Å². The largest absolute Gasteiger partial charge is 0.331 e. The highest BCUT2D eigenvalue weighted by Crippen LogP contribution is 2.21. The lowest BCUT2D eigenvalue weighted by Gasteiger charge is -2.32. The van der Waals surface area contributed by atoms with Crippen molar-refractivity contribution in [3.8, 4) is 11.4 Å². The summed E-state index contributed by atoms with van der Waals surface area (Å²) >= 11 is 0. The number of halogens is 1. The van der Waals surface area contributed by atoms with Gasteiger partial charge in [-0.1, -0.05) is 0 Å². The summed E-state index contributed by atoms with van der Waals surface area (Å²) in [4.78, 5) is 15.6. The molecule has 0 bridgehead atoms. The van der Waals surface area contributed by atoms with Gasteiger partial charge in [-0.3, -0.25) is 4.79 Å². The Kier molecular flexibility index (Phi) is 3.94. The number of aromatic nitrogens is 7. The van der Waals surface area contributed by atoms with Crippen molar-refractivity contribution in [1.29, 1.82) is 0 Å². The van der Waals surface area contributed by atoms with Gasteiger partial charge in [-0.15, -0.1) is 20.4 Å². The van der Waals surface area contributed by atoms with Crippen molar-refractivity contribution >= 4 is 5.91 Å². The number of hydrogen-bond donors (Lipinski definition) is 0. The number of fused-ring (bicyclic) bond motifs is 1. The molecule has 0 spiro atoms. The molecule has 1 unspecified atom stereocenters. The van der Waals surface area contributed by atoms with Gasteiger partial charge in [-0.2, -0.15) is 4.80 Å². The third kappa shape index (κ3) is 2.93. The van der Waals surface area contributed by atoms with Gasteiger partial charge in [0.15, 0.2) is 5.82 Å². The molecule has 1 aliphatic heterocycles. The predicted molar refractivity (Wildman–Crippen MR) is 88.1 cm³/mol. The molecule has 1 aliphatic rings. The fourth-order valence-corrected chi connectivity index (χ4v) is 3.17. The van der Waals surface area contributed by atoms with Gasteiger partial charge < -0.3 is 9.47 Å². The zero-order chi connectivity index (χ0) is 18.3. The molecule has 0 aliphatic carbocycles. The van der Waals surface area contributed by atoms with E-state index in [2.05, 4.69) is 25.6 Å². The first kappa shape index (κ1) is 16.3. The quantitative estimate of drug-likeness (QED) is 0.694. The summed E-state index contributed by atoms with van der Waals surface area (Å²) in [6, 6.07) is 5.90. The molecular formula is C16H17FN8O. The fourth-order valence-electron chi connectivity index (χ4n) is 3.17. The normalized spacial score (nSPS) is 16.6. The molecule has 3 heterocycles. The maximum Gasteiger partial charge on any atom is 0.246 e. The summed E-state index contributed by atoms with van der Waals surface area (Å²) < 4.78 is 15.0. The lowest BCUT2D eigenvalue weighted by Crippen LogP contribution is -2.42. The predicted octanol–water partition coefficient (Wildman–Crippen LogP) is 0.983. The van der Waals surface area contributed by atoms with Crippen molar-refractivity contribution in [2.75, 3.05) is 6.54 Å². The van der Waals surface area contributed by atoms with Crippen LogP contribution in [0.5, 0.6) is 0 Å². The number of tetrazole rings is 1. The molecule has 1 atom stereocenters. The second kappa shape index (κ2) is 6.28. The molecule has 0 saturated heterocycles. The summed E-state index contributed by atoms with van der Waals surface area (Å²) in [6.45, 7) is 4.89. The van der Waals surface area contributed by atoms with E-state index in [0.717, 1.165) is 11.6 Å². The van der Waals surface area contributed by atoms with Crippen molar-refractivity contribution in [2.45, 2.75) is 33.0 Å². The van der Waals surface area contributed by atoms with Gasteiger partial charge in [0.25, 0.3) is 0 Å². The van der Waals surface area contributed by atoms with E-state index in [9.17, 15) is 9.18 Å². The topological polar surface area (TPSA) is 94.6 Å². The SMILES string of the molecule is Cc1nnc2n1C(C)CN(C(=O)Cn1nnc(-c3ccc(F)cc3)n1)C2. The van der Waals surface area contributed by atoms with Gasteiger partial charge in [0, 0.05) is 12.1 Å². The van der Waals surface area contributed by atoms with E-state index < -0.39 is 0 Å². The number of benzene rings is 1. The molecule has 3 aromatic rings. The molecule has 1 aromatic carbocycles. The minimum Gasteiger partial charge on any atom is -0.331 e. The molecule has 4 rings (SSSR count). The first-order chi connectivity index (χ1) is 12.5. The zero-order valence-electron chi connectivity index (χ0n) is 14.4. The Balaban J connectivity index is 1.47. The van der Waals surface area contributed by atoms with Crippen LogP contribution in [0.1, 0.15) is 24.6 Å². The molecule has 2 aromatic heterocycles. The highest BCUT2D eigenvalue weighted by molar-refractivity contribution is 5.76. The molecule has 0 fully saturated rings. The number of aryl methyl sites for hydroxylation is 1. The first-order valence-electron chi connectivity index (χ1n) is 8.23. The van der Waals surface area contributed by atoms with Crippen LogP contribution in [-0.2, 0) is 17.9 Å². The summed E-state index contributed by atoms with van der Waals surface area (Å²) in [7, 11) is 0. The van der Waals surface area contributed by atoms with E-state index in [1.54, 1.807) is 17.0 Å². The molecule has 0 saturated carbocycles. The van der Waals surface area contributed by atoms with Crippen LogP contribution in [0.4, 0.5) is 4.39 Å². The number of rotatable bonds is 3. The van der Waals surface area contributed by atoms with Crippen molar-refractivity contribution in [3.05, 3.63) is 41.7 Å². The molecule has 26 heavy (non-hydrogen) atoms. The highest BCUT2D eigenvalue weighted by atomic mass is 19.1. The van der Waals surface area contributed by atoms with E-state index >= 15 is 0 Å². The minimum absolute atomic E-state index is 0.0198. The highest BCUT2D eigenvalue weighted by Gasteiger charge is 2.28. The molecular weight excluding hydrogens is 339 g/mol. The lowest BCUT2D eigenvalue weighted by molar-refractivity contribution is -0.134. The number of carbonyl (C=O) groups excluding carboxylic acids is 1. The molecule has 9 nitrogen and oxygen atoms in total. The van der Waals surface area contributed by atoms with Gasteiger partial charge in [0.2, 0.25) is 11.7 Å². The number of amides is 1. The monoisotopic (exact) mass is 356 g/mol. The van der Waals surface area contributed by atoms with Crippen LogP contribution in [-0.4, -0.2) is 52.3 Å². The minimum atomic E-state index is -0.335. The second-order valence-corrected chi connectivity index (χ2v) is 6.31. The van der Waals surface area contributed by atoms with Gasteiger partial charge in [0.05, 0.1) is 12.6 Å². The number of carbonyl (C=O) groups is 1. The average Bonchev–Trinajstić information content (AvgIpc) is 3.23. The van der Waals surface area contributed by atoms with Crippen molar-refractivity contribution in [1.82, 2.24) is 39.9 Å². The molecule has 134 valence electrons. The molecule has 0 radical (unpaired) electrons. The molecule has 10 heteroatoms. The number of nitrogens with zero attached hydrogens (tertiary/aromatic N) is 8. The molecule has 0 N–H and O–H groups in total. The lowest BCUT2D eigenvalue weighted by atomic mass is 10.2. The fraction of sp³-hybridized carbons (Fsp3) is 0.375. The Morgan fingerprint density at radius 3 is 2.77 bits per heavy atom.